The Labute approximate surface area is 161 Å². The van der Waals surface area contributed by atoms with E-state index in [9.17, 15) is 15.0 Å². The SMILES string of the molecule is Cc1cc2c(cc1C)C(=O)[C@]1(O)CCN(c3ccc4oc(CO)cc4c3)C1=N2. The van der Waals surface area contributed by atoms with Gasteiger partial charge in [-0.05, 0) is 61.4 Å². The molecule has 28 heavy (non-hydrogen) atoms. The van der Waals surface area contributed by atoms with E-state index in [1.165, 1.54) is 0 Å². The third-order valence-corrected chi connectivity index (χ3v) is 5.80. The van der Waals surface area contributed by atoms with Crippen molar-refractivity contribution in [3.05, 3.63) is 58.8 Å². The molecule has 2 N–H and O–H groups in total. The van der Waals surface area contributed by atoms with E-state index in [4.69, 9.17) is 9.41 Å². The van der Waals surface area contributed by atoms with Crippen molar-refractivity contribution in [2.24, 2.45) is 4.99 Å². The lowest BCUT2D eigenvalue weighted by atomic mass is 9.86. The highest BCUT2D eigenvalue weighted by Gasteiger charge is 2.52. The number of ketones is 1. The molecule has 6 heteroatoms. The largest absolute Gasteiger partial charge is 0.459 e. The zero-order valence-electron chi connectivity index (χ0n) is 15.7. The number of rotatable bonds is 2. The first-order valence-electron chi connectivity index (χ1n) is 9.29. The van der Waals surface area contributed by atoms with Gasteiger partial charge in [-0.1, -0.05) is 0 Å². The third kappa shape index (κ3) is 2.28. The van der Waals surface area contributed by atoms with Crippen molar-refractivity contribution in [3.8, 4) is 0 Å². The maximum absolute atomic E-state index is 13.1. The molecule has 3 aromatic rings. The van der Waals surface area contributed by atoms with Gasteiger partial charge in [-0.3, -0.25) is 4.79 Å². The number of hydrogen-bond donors (Lipinski definition) is 2. The molecular formula is C22H20N2O4. The topological polar surface area (TPSA) is 86.3 Å². The monoisotopic (exact) mass is 376 g/mol. The smallest absolute Gasteiger partial charge is 0.204 e. The molecule has 2 aliphatic rings. The van der Waals surface area contributed by atoms with Crippen LogP contribution in [0.2, 0.25) is 0 Å². The van der Waals surface area contributed by atoms with Gasteiger partial charge in [-0.25, -0.2) is 4.99 Å². The fourth-order valence-corrected chi connectivity index (χ4v) is 4.08. The van der Waals surface area contributed by atoms with Crippen molar-refractivity contribution in [3.63, 3.8) is 0 Å². The molecule has 142 valence electrons. The van der Waals surface area contributed by atoms with Crippen molar-refractivity contribution in [2.45, 2.75) is 32.5 Å². The number of Topliss-reactive ketones (excluding diaryl/α,β-unsaturated/α-hetero) is 1. The molecular weight excluding hydrogens is 356 g/mol. The maximum atomic E-state index is 13.1. The average molecular weight is 376 g/mol. The van der Waals surface area contributed by atoms with Crippen LogP contribution in [0.5, 0.6) is 0 Å². The minimum atomic E-state index is -1.60. The lowest BCUT2D eigenvalue weighted by Crippen LogP contribution is -2.48. The van der Waals surface area contributed by atoms with Crippen molar-refractivity contribution in [1.82, 2.24) is 0 Å². The molecule has 0 aliphatic carbocycles. The van der Waals surface area contributed by atoms with E-state index in [2.05, 4.69) is 0 Å². The zero-order chi connectivity index (χ0) is 19.6. The Bertz CT molecular complexity index is 1180. The van der Waals surface area contributed by atoms with E-state index in [1.807, 2.05) is 49.1 Å². The number of fused-ring (bicyclic) bond motifs is 3. The highest BCUT2D eigenvalue weighted by molar-refractivity contribution is 6.28. The van der Waals surface area contributed by atoms with Crippen LogP contribution in [0.3, 0.4) is 0 Å². The second kappa shape index (κ2) is 5.77. The second-order valence-corrected chi connectivity index (χ2v) is 7.57. The summed E-state index contributed by atoms with van der Waals surface area (Å²) in [5, 5.41) is 21.3. The van der Waals surface area contributed by atoms with Crippen LogP contribution in [0.1, 0.15) is 33.7 Å². The predicted octanol–water partition coefficient (Wildman–Crippen LogP) is 3.41. The highest BCUT2D eigenvalue weighted by Crippen LogP contribution is 2.41. The van der Waals surface area contributed by atoms with Gasteiger partial charge in [0.05, 0.1) is 5.69 Å². The summed E-state index contributed by atoms with van der Waals surface area (Å²) in [6, 6.07) is 11.1. The van der Waals surface area contributed by atoms with Gasteiger partial charge in [0, 0.05) is 29.6 Å². The first-order valence-corrected chi connectivity index (χ1v) is 9.29. The number of aliphatic hydroxyl groups excluding tert-OH is 1. The molecule has 6 nitrogen and oxygen atoms in total. The van der Waals surface area contributed by atoms with Crippen LogP contribution in [0.25, 0.3) is 11.0 Å². The normalized spacial score (nSPS) is 21.1. The number of amidine groups is 1. The number of nitrogens with zero attached hydrogens (tertiary/aromatic N) is 2. The van der Waals surface area contributed by atoms with Gasteiger partial charge in [0.25, 0.3) is 0 Å². The Kier molecular flexibility index (Phi) is 3.53. The van der Waals surface area contributed by atoms with Gasteiger partial charge >= 0.3 is 0 Å². The summed E-state index contributed by atoms with van der Waals surface area (Å²) in [5.74, 6) is 0.582. The number of furan rings is 1. The summed E-state index contributed by atoms with van der Waals surface area (Å²) in [6.45, 7) is 4.26. The second-order valence-electron chi connectivity index (χ2n) is 7.57. The van der Waals surface area contributed by atoms with Crippen LogP contribution in [-0.4, -0.2) is 34.0 Å². The first kappa shape index (κ1) is 17.2. The summed E-state index contributed by atoms with van der Waals surface area (Å²) in [6.07, 6.45) is 0.294. The molecule has 0 bridgehead atoms. The summed E-state index contributed by atoms with van der Waals surface area (Å²) >= 11 is 0. The third-order valence-electron chi connectivity index (χ3n) is 5.80. The van der Waals surface area contributed by atoms with Crippen LogP contribution in [0.4, 0.5) is 11.4 Å². The number of aliphatic hydroxyl groups is 2. The number of aliphatic imine (C=N–C) groups is 1. The Morgan fingerprint density at radius 3 is 2.75 bits per heavy atom. The molecule has 3 heterocycles. The Morgan fingerprint density at radius 2 is 1.96 bits per heavy atom. The van der Waals surface area contributed by atoms with Gasteiger partial charge in [-0.2, -0.15) is 0 Å². The molecule has 0 saturated carbocycles. The van der Waals surface area contributed by atoms with Gasteiger partial charge in [-0.15, -0.1) is 0 Å². The molecule has 1 atom stereocenters. The van der Waals surface area contributed by atoms with Crippen LogP contribution in [-0.2, 0) is 6.61 Å². The van der Waals surface area contributed by atoms with Crippen molar-refractivity contribution in [2.75, 3.05) is 11.4 Å². The van der Waals surface area contributed by atoms with Crippen LogP contribution in [0.15, 0.2) is 45.8 Å². The van der Waals surface area contributed by atoms with Crippen molar-refractivity contribution in [1.29, 1.82) is 0 Å². The van der Waals surface area contributed by atoms with Crippen molar-refractivity contribution >= 4 is 34.0 Å². The van der Waals surface area contributed by atoms with Crippen molar-refractivity contribution < 1.29 is 19.4 Å². The number of aryl methyl sites for hydroxylation is 2. The number of anilines is 1. The molecule has 1 aromatic heterocycles. The molecule has 2 aromatic carbocycles. The zero-order valence-corrected chi connectivity index (χ0v) is 15.7. The van der Waals surface area contributed by atoms with Gasteiger partial charge in [0.15, 0.2) is 5.60 Å². The lowest BCUT2D eigenvalue weighted by molar-refractivity contribution is 0.0602. The average Bonchev–Trinajstić information content (AvgIpc) is 3.25. The Morgan fingerprint density at radius 1 is 1.18 bits per heavy atom. The van der Waals surface area contributed by atoms with Crippen LogP contribution < -0.4 is 4.90 Å². The molecule has 2 aliphatic heterocycles. The summed E-state index contributed by atoms with van der Waals surface area (Å²) in [4.78, 5) is 19.7. The van der Waals surface area contributed by atoms with Crippen LogP contribution >= 0.6 is 0 Å². The molecule has 1 saturated heterocycles. The van der Waals surface area contributed by atoms with E-state index >= 15 is 0 Å². The number of benzene rings is 2. The summed E-state index contributed by atoms with van der Waals surface area (Å²) in [7, 11) is 0. The molecule has 0 unspecified atom stereocenters. The molecule has 0 spiro atoms. The van der Waals surface area contributed by atoms with E-state index < -0.39 is 5.60 Å². The lowest BCUT2D eigenvalue weighted by Gasteiger charge is -2.30. The molecule has 1 fully saturated rings. The molecule has 0 amide bonds. The quantitative estimate of drug-likeness (QED) is 0.716. The summed E-state index contributed by atoms with van der Waals surface area (Å²) in [5.41, 5.74) is 3.06. The number of hydrogen-bond acceptors (Lipinski definition) is 6. The minimum Gasteiger partial charge on any atom is -0.459 e. The first-order chi connectivity index (χ1) is 13.4. The van der Waals surface area contributed by atoms with E-state index in [1.54, 1.807) is 6.07 Å². The van der Waals surface area contributed by atoms with Gasteiger partial charge in [0.1, 0.15) is 23.8 Å². The summed E-state index contributed by atoms with van der Waals surface area (Å²) < 4.78 is 5.55. The molecule has 5 rings (SSSR count). The molecule has 0 radical (unpaired) electrons. The van der Waals surface area contributed by atoms with E-state index in [-0.39, 0.29) is 12.4 Å². The highest BCUT2D eigenvalue weighted by atomic mass is 16.4. The number of carbonyl (C=O) groups is 1. The number of carbonyl (C=O) groups excluding carboxylic acids is 1. The Balaban J connectivity index is 1.64. The van der Waals surface area contributed by atoms with Crippen LogP contribution in [0, 0.1) is 13.8 Å². The standard InChI is InChI=1S/C22H20N2O4/c1-12-7-17-18(8-13(12)2)23-21-22(27,20(17)26)5-6-24(21)15-3-4-19-14(9-15)10-16(11-25)28-19/h3-4,7-10,25,27H,5-6,11H2,1-2H3/t22-/m1/s1. The maximum Gasteiger partial charge on any atom is 0.204 e. The fraction of sp³-hybridized carbons (Fsp3) is 0.273. The van der Waals surface area contributed by atoms with Gasteiger partial charge < -0.3 is 19.5 Å². The minimum absolute atomic E-state index is 0.162. The Hall–Kier alpha value is -2.96. The van der Waals surface area contributed by atoms with E-state index in [0.29, 0.717) is 41.4 Å². The van der Waals surface area contributed by atoms with E-state index in [0.717, 1.165) is 22.2 Å². The predicted molar refractivity (Wildman–Crippen MR) is 106 cm³/mol. The fourth-order valence-electron chi connectivity index (χ4n) is 4.08. The van der Waals surface area contributed by atoms with Gasteiger partial charge in [0.2, 0.25) is 5.78 Å².